The fourth-order valence-electron chi connectivity index (χ4n) is 3.95. The highest BCUT2D eigenvalue weighted by Gasteiger charge is 2.21. The number of carbonyl (C=O) groups is 2. The molecule has 2 aromatic rings. The standard InChI is InChI=1S/C25H32N2O3.ClH/c1-27-22-14-12-21(18-20(22)13-15-25(27)29)23(28)10-5-6-16-26-17-7-9-19-8-3-4-11-24(19)30-2;/h3-4,8,11-12,14,18,26H,5-7,9-10,13,15-17H2,1-2H3;1H. The fourth-order valence-corrected chi connectivity index (χ4v) is 3.95. The molecule has 1 N–H and O–H groups in total. The third kappa shape index (κ3) is 6.81. The van der Waals surface area contributed by atoms with Crippen LogP contribution in [0.15, 0.2) is 42.5 Å². The molecule has 0 spiro atoms. The largest absolute Gasteiger partial charge is 0.496 e. The number of nitrogens with one attached hydrogen (secondary N) is 1. The monoisotopic (exact) mass is 444 g/mol. The number of hydrogen-bond donors (Lipinski definition) is 1. The molecule has 0 atom stereocenters. The van der Waals surface area contributed by atoms with E-state index in [0.717, 1.165) is 67.8 Å². The number of hydrogen-bond acceptors (Lipinski definition) is 4. The average molecular weight is 445 g/mol. The predicted molar refractivity (Wildman–Crippen MR) is 128 cm³/mol. The molecule has 0 aliphatic carbocycles. The highest BCUT2D eigenvalue weighted by molar-refractivity contribution is 5.99. The summed E-state index contributed by atoms with van der Waals surface area (Å²) in [4.78, 5) is 26.0. The van der Waals surface area contributed by atoms with Gasteiger partial charge in [0.05, 0.1) is 7.11 Å². The lowest BCUT2D eigenvalue weighted by Gasteiger charge is -2.26. The molecule has 5 nitrogen and oxygen atoms in total. The lowest BCUT2D eigenvalue weighted by atomic mass is 9.96. The molecule has 2 aromatic carbocycles. The number of methoxy groups -OCH3 is 1. The van der Waals surface area contributed by atoms with Crippen LogP contribution in [-0.4, -0.2) is 38.9 Å². The summed E-state index contributed by atoms with van der Waals surface area (Å²) in [6, 6.07) is 13.9. The maximum Gasteiger partial charge on any atom is 0.227 e. The zero-order valence-corrected chi connectivity index (χ0v) is 19.3. The molecule has 0 aromatic heterocycles. The first-order chi connectivity index (χ1) is 14.6. The summed E-state index contributed by atoms with van der Waals surface area (Å²) in [5.41, 5.74) is 4.04. The third-order valence-electron chi connectivity index (χ3n) is 5.74. The van der Waals surface area contributed by atoms with Crippen molar-refractivity contribution in [2.75, 3.05) is 32.1 Å². The normalized spacial score (nSPS) is 12.8. The topological polar surface area (TPSA) is 58.6 Å². The maximum atomic E-state index is 12.5. The van der Waals surface area contributed by atoms with E-state index in [1.54, 1.807) is 19.1 Å². The van der Waals surface area contributed by atoms with Crippen molar-refractivity contribution < 1.29 is 14.3 Å². The Morgan fingerprint density at radius 1 is 1.06 bits per heavy atom. The molecule has 1 amide bonds. The lowest BCUT2D eigenvalue weighted by Crippen LogP contribution is -2.31. The molecule has 6 heteroatoms. The van der Waals surface area contributed by atoms with E-state index in [4.69, 9.17) is 4.74 Å². The molecule has 168 valence electrons. The van der Waals surface area contributed by atoms with Gasteiger partial charge in [0, 0.05) is 31.1 Å². The molecule has 0 saturated carbocycles. The summed E-state index contributed by atoms with van der Waals surface area (Å²) in [5, 5.41) is 3.47. The van der Waals surface area contributed by atoms with E-state index in [0.29, 0.717) is 12.8 Å². The Morgan fingerprint density at radius 3 is 2.65 bits per heavy atom. The van der Waals surface area contributed by atoms with Crippen molar-refractivity contribution in [1.29, 1.82) is 0 Å². The third-order valence-corrected chi connectivity index (χ3v) is 5.74. The minimum atomic E-state index is 0. The number of para-hydroxylation sites is 1. The van der Waals surface area contributed by atoms with Gasteiger partial charge in [0.1, 0.15) is 5.75 Å². The average Bonchev–Trinajstić information content (AvgIpc) is 2.78. The van der Waals surface area contributed by atoms with Crippen LogP contribution in [-0.2, 0) is 17.6 Å². The summed E-state index contributed by atoms with van der Waals surface area (Å²) >= 11 is 0. The lowest BCUT2D eigenvalue weighted by molar-refractivity contribution is -0.118. The summed E-state index contributed by atoms with van der Waals surface area (Å²) in [7, 11) is 3.51. The zero-order valence-electron chi connectivity index (χ0n) is 18.5. The maximum absolute atomic E-state index is 12.5. The number of fused-ring (bicyclic) bond motifs is 1. The van der Waals surface area contributed by atoms with E-state index < -0.39 is 0 Å². The van der Waals surface area contributed by atoms with Crippen molar-refractivity contribution in [3.8, 4) is 5.75 Å². The van der Waals surface area contributed by atoms with Gasteiger partial charge in [0.25, 0.3) is 0 Å². The number of ketones is 1. The van der Waals surface area contributed by atoms with E-state index >= 15 is 0 Å². The minimum Gasteiger partial charge on any atom is -0.496 e. The number of benzene rings is 2. The Bertz CT molecular complexity index is 885. The molecule has 0 bridgehead atoms. The van der Waals surface area contributed by atoms with Gasteiger partial charge in [0.15, 0.2) is 5.78 Å². The summed E-state index contributed by atoms with van der Waals surface area (Å²) in [6.07, 6.45) is 5.73. The SMILES string of the molecule is COc1ccccc1CCCNCCCCC(=O)c1ccc2c(c1)CCC(=O)N2C.Cl. The van der Waals surface area contributed by atoms with Gasteiger partial charge < -0.3 is 15.0 Å². The minimum absolute atomic E-state index is 0. The number of aryl methyl sites for hydroxylation is 2. The van der Waals surface area contributed by atoms with Crippen LogP contribution in [0.2, 0.25) is 0 Å². The number of nitrogens with zero attached hydrogens (tertiary/aromatic N) is 1. The molecule has 1 aliphatic rings. The number of halogens is 1. The quantitative estimate of drug-likeness (QED) is 0.406. The molecule has 3 rings (SSSR count). The molecule has 0 radical (unpaired) electrons. The van der Waals surface area contributed by atoms with E-state index in [9.17, 15) is 9.59 Å². The highest BCUT2D eigenvalue weighted by atomic mass is 35.5. The van der Waals surface area contributed by atoms with Gasteiger partial charge >= 0.3 is 0 Å². The molecular weight excluding hydrogens is 412 g/mol. The van der Waals surface area contributed by atoms with Crippen LogP contribution in [0.3, 0.4) is 0 Å². The van der Waals surface area contributed by atoms with Crippen LogP contribution < -0.4 is 15.0 Å². The molecule has 31 heavy (non-hydrogen) atoms. The van der Waals surface area contributed by atoms with Crippen molar-refractivity contribution in [2.45, 2.75) is 44.9 Å². The zero-order chi connectivity index (χ0) is 21.3. The number of unbranched alkanes of at least 4 members (excludes halogenated alkanes) is 1. The smallest absolute Gasteiger partial charge is 0.227 e. The summed E-state index contributed by atoms with van der Waals surface area (Å²) < 4.78 is 5.39. The Morgan fingerprint density at radius 2 is 1.84 bits per heavy atom. The van der Waals surface area contributed by atoms with Gasteiger partial charge in [-0.2, -0.15) is 0 Å². The van der Waals surface area contributed by atoms with Crippen molar-refractivity contribution in [3.05, 3.63) is 59.2 Å². The van der Waals surface area contributed by atoms with Gasteiger partial charge in [-0.3, -0.25) is 9.59 Å². The number of Topliss-reactive ketones (excluding diaryl/α,β-unsaturated/α-hetero) is 1. The molecule has 1 aliphatic heterocycles. The Balaban J connectivity index is 0.00000341. The summed E-state index contributed by atoms with van der Waals surface area (Å²) in [6.45, 7) is 1.89. The fraction of sp³-hybridized carbons (Fsp3) is 0.440. The van der Waals surface area contributed by atoms with Gasteiger partial charge in [-0.25, -0.2) is 0 Å². The number of ether oxygens (including phenoxy) is 1. The second-order valence-electron chi connectivity index (χ2n) is 7.84. The van der Waals surface area contributed by atoms with Gasteiger partial charge in [0.2, 0.25) is 5.91 Å². The van der Waals surface area contributed by atoms with Crippen LogP contribution in [0.5, 0.6) is 5.75 Å². The van der Waals surface area contributed by atoms with E-state index in [1.165, 1.54) is 5.56 Å². The molecule has 1 heterocycles. The van der Waals surface area contributed by atoms with E-state index in [-0.39, 0.29) is 24.1 Å². The molecule has 0 fully saturated rings. The first-order valence-corrected chi connectivity index (χ1v) is 10.9. The van der Waals surface area contributed by atoms with Crippen LogP contribution >= 0.6 is 12.4 Å². The predicted octanol–water partition coefficient (Wildman–Crippen LogP) is 4.60. The van der Waals surface area contributed by atoms with Crippen LogP contribution in [0.4, 0.5) is 5.69 Å². The second-order valence-corrected chi connectivity index (χ2v) is 7.84. The Labute approximate surface area is 191 Å². The van der Waals surface area contributed by atoms with Crippen molar-refractivity contribution >= 4 is 29.8 Å². The molecular formula is C25H33ClN2O3. The second kappa shape index (κ2) is 12.5. The highest BCUT2D eigenvalue weighted by Crippen LogP contribution is 2.28. The van der Waals surface area contributed by atoms with Crippen LogP contribution in [0.1, 0.15) is 53.6 Å². The van der Waals surface area contributed by atoms with Gasteiger partial charge in [-0.15, -0.1) is 12.4 Å². The van der Waals surface area contributed by atoms with Crippen molar-refractivity contribution in [2.24, 2.45) is 0 Å². The number of carbonyl (C=O) groups excluding carboxylic acids is 2. The number of amides is 1. The van der Waals surface area contributed by atoms with Crippen LogP contribution in [0.25, 0.3) is 0 Å². The Kier molecular flexibility index (Phi) is 10.0. The first kappa shape index (κ1) is 24.9. The first-order valence-electron chi connectivity index (χ1n) is 10.9. The van der Waals surface area contributed by atoms with Gasteiger partial charge in [-0.1, -0.05) is 18.2 Å². The summed E-state index contributed by atoms with van der Waals surface area (Å²) in [5.74, 6) is 1.28. The Hall–Kier alpha value is -2.37. The van der Waals surface area contributed by atoms with Crippen molar-refractivity contribution in [1.82, 2.24) is 5.32 Å². The van der Waals surface area contributed by atoms with E-state index in [1.807, 2.05) is 36.4 Å². The van der Waals surface area contributed by atoms with Crippen molar-refractivity contribution in [3.63, 3.8) is 0 Å². The molecule has 0 unspecified atom stereocenters. The van der Waals surface area contributed by atoms with Gasteiger partial charge in [-0.05, 0) is 80.6 Å². The molecule has 0 saturated heterocycles. The number of rotatable bonds is 11. The number of anilines is 1. The van der Waals surface area contributed by atoms with E-state index in [2.05, 4.69) is 11.4 Å². The van der Waals surface area contributed by atoms with Crippen LogP contribution in [0, 0.1) is 0 Å².